The lowest BCUT2D eigenvalue weighted by Gasteiger charge is -2.33. The van der Waals surface area contributed by atoms with Crippen LogP contribution in [-0.4, -0.2) is 60.2 Å². The molecule has 2 heterocycles. The van der Waals surface area contributed by atoms with Crippen LogP contribution in [-0.2, 0) is 16.4 Å². The maximum Gasteiger partial charge on any atom is 0.433 e. The van der Waals surface area contributed by atoms with Gasteiger partial charge in [0.1, 0.15) is 17.8 Å². The zero-order valence-corrected chi connectivity index (χ0v) is 13.5. The molecule has 1 N–H and O–H groups in total. The fraction of sp³-hybridized carbons (Fsp3) is 0.667. The molecule has 1 aromatic heterocycles. The van der Waals surface area contributed by atoms with Crippen molar-refractivity contribution in [1.82, 2.24) is 18.6 Å². The first kappa shape index (κ1) is 17.9. The lowest BCUT2D eigenvalue weighted by atomic mass is 10.1. The summed E-state index contributed by atoms with van der Waals surface area (Å²) in [6.45, 7) is 0.602. The highest BCUT2D eigenvalue weighted by atomic mass is 32.2. The summed E-state index contributed by atoms with van der Waals surface area (Å²) in [4.78, 5) is 6.98. The van der Waals surface area contributed by atoms with Crippen molar-refractivity contribution < 1.29 is 21.6 Å². The maximum absolute atomic E-state index is 12.6. The van der Waals surface area contributed by atoms with Crippen molar-refractivity contribution in [1.29, 1.82) is 0 Å². The molecule has 0 saturated carbocycles. The molecular weight excluding hydrogens is 335 g/mol. The van der Waals surface area contributed by atoms with Crippen LogP contribution in [0.15, 0.2) is 12.4 Å². The van der Waals surface area contributed by atoms with E-state index in [1.807, 2.05) is 0 Å². The zero-order valence-electron chi connectivity index (χ0n) is 12.7. The topological polar surface area (TPSA) is 78.4 Å². The summed E-state index contributed by atoms with van der Waals surface area (Å²) in [5.41, 5.74) is -1.01. The standard InChI is InChI=1S/C12H18F3N5O2S/c1-19(2)23(21,22)20-5-3-9(4-6-20)18-11-7-10(12(13,14)15)16-8-17-11/h7-9H,3-6H2,1-2H3,(H,16,17,18). The van der Waals surface area contributed by atoms with Crippen LogP contribution in [0.4, 0.5) is 19.0 Å². The first-order valence-corrected chi connectivity index (χ1v) is 8.34. The number of anilines is 1. The molecule has 1 fully saturated rings. The minimum atomic E-state index is -4.53. The Morgan fingerprint density at radius 1 is 1.26 bits per heavy atom. The van der Waals surface area contributed by atoms with Crippen molar-refractivity contribution in [2.24, 2.45) is 0 Å². The van der Waals surface area contributed by atoms with Gasteiger partial charge in [0.15, 0.2) is 0 Å². The Balaban J connectivity index is 1.97. The second kappa shape index (κ2) is 6.57. The van der Waals surface area contributed by atoms with Crippen molar-refractivity contribution in [3.8, 4) is 0 Å². The number of hydrogen-bond donors (Lipinski definition) is 1. The van der Waals surface area contributed by atoms with E-state index in [9.17, 15) is 21.6 Å². The Morgan fingerprint density at radius 2 is 1.87 bits per heavy atom. The summed E-state index contributed by atoms with van der Waals surface area (Å²) < 4.78 is 64.3. The molecule has 11 heteroatoms. The largest absolute Gasteiger partial charge is 0.433 e. The second-order valence-electron chi connectivity index (χ2n) is 5.39. The molecule has 1 saturated heterocycles. The van der Waals surface area contributed by atoms with Gasteiger partial charge in [0.2, 0.25) is 0 Å². The first-order chi connectivity index (χ1) is 10.6. The van der Waals surface area contributed by atoms with Crippen LogP contribution in [0, 0.1) is 0 Å². The minimum Gasteiger partial charge on any atom is -0.367 e. The van der Waals surface area contributed by atoms with Gasteiger partial charge in [-0.05, 0) is 12.8 Å². The van der Waals surface area contributed by atoms with Crippen LogP contribution < -0.4 is 5.32 Å². The second-order valence-corrected chi connectivity index (χ2v) is 7.54. The first-order valence-electron chi connectivity index (χ1n) is 6.94. The number of rotatable bonds is 4. The molecule has 2 rings (SSSR count). The van der Waals surface area contributed by atoms with Crippen molar-refractivity contribution >= 4 is 16.0 Å². The molecule has 7 nitrogen and oxygen atoms in total. The average molecular weight is 353 g/mol. The van der Waals surface area contributed by atoms with Gasteiger partial charge in [-0.3, -0.25) is 0 Å². The van der Waals surface area contributed by atoms with E-state index in [-0.39, 0.29) is 11.9 Å². The number of hydrogen-bond acceptors (Lipinski definition) is 5. The molecule has 23 heavy (non-hydrogen) atoms. The van der Waals surface area contributed by atoms with E-state index in [2.05, 4.69) is 15.3 Å². The SMILES string of the molecule is CN(C)S(=O)(=O)N1CCC(Nc2cc(C(F)(F)F)ncn2)CC1. The number of aromatic nitrogens is 2. The predicted octanol–water partition coefficient (Wildman–Crippen LogP) is 1.18. The lowest BCUT2D eigenvalue weighted by Crippen LogP contribution is -2.46. The zero-order chi connectivity index (χ0) is 17.3. The molecule has 0 bridgehead atoms. The average Bonchev–Trinajstić information content (AvgIpc) is 2.47. The number of piperidine rings is 1. The van der Waals surface area contributed by atoms with E-state index >= 15 is 0 Å². The van der Waals surface area contributed by atoms with E-state index in [4.69, 9.17) is 0 Å². The summed E-state index contributed by atoms with van der Waals surface area (Å²) in [5, 5.41) is 2.91. The highest BCUT2D eigenvalue weighted by Gasteiger charge is 2.33. The molecular formula is C12H18F3N5O2S. The van der Waals surface area contributed by atoms with Gasteiger partial charge in [-0.1, -0.05) is 0 Å². The number of halogens is 3. The number of nitrogens with zero attached hydrogens (tertiary/aromatic N) is 4. The Hall–Kier alpha value is -1.46. The summed E-state index contributed by atoms with van der Waals surface area (Å²) >= 11 is 0. The van der Waals surface area contributed by atoms with E-state index in [1.165, 1.54) is 18.4 Å². The van der Waals surface area contributed by atoms with Crippen LogP contribution in [0.25, 0.3) is 0 Å². The van der Waals surface area contributed by atoms with Gasteiger partial charge in [-0.2, -0.15) is 30.2 Å². The molecule has 0 aliphatic carbocycles. The summed E-state index contributed by atoms with van der Waals surface area (Å²) in [6.07, 6.45) is -2.70. The van der Waals surface area contributed by atoms with Crippen molar-refractivity contribution in [2.45, 2.75) is 25.1 Å². The monoisotopic (exact) mass is 353 g/mol. The third kappa shape index (κ3) is 4.30. The Labute approximate surface area is 132 Å². The van der Waals surface area contributed by atoms with Crippen molar-refractivity contribution in [3.63, 3.8) is 0 Å². The van der Waals surface area contributed by atoms with Crippen LogP contribution >= 0.6 is 0 Å². The smallest absolute Gasteiger partial charge is 0.367 e. The van der Waals surface area contributed by atoms with E-state index < -0.39 is 22.1 Å². The van der Waals surface area contributed by atoms with Crippen LogP contribution in [0.5, 0.6) is 0 Å². The van der Waals surface area contributed by atoms with Gasteiger partial charge in [-0.15, -0.1) is 0 Å². The Bertz CT molecular complexity index is 642. The Kier molecular flexibility index (Phi) is 5.11. The predicted molar refractivity (Wildman–Crippen MR) is 77.9 cm³/mol. The number of nitrogens with one attached hydrogen (secondary N) is 1. The van der Waals surface area contributed by atoms with Crippen molar-refractivity contribution in [3.05, 3.63) is 18.1 Å². The van der Waals surface area contributed by atoms with Crippen LogP contribution in [0.2, 0.25) is 0 Å². The van der Waals surface area contributed by atoms with E-state index in [0.29, 0.717) is 25.9 Å². The molecule has 1 aliphatic rings. The van der Waals surface area contributed by atoms with Crippen LogP contribution in [0.3, 0.4) is 0 Å². The fourth-order valence-corrected chi connectivity index (χ4v) is 3.40. The highest BCUT2D eigenvalue weighted by Crippen LogP contribution is 2.28. The normalized spacial score (nSPS) is 18.3. The van der Waals surface area contributed by atoms with Gasteiger partial charge in [0.25, 0.3) is 10.2 Å². The summed E-state index contributed by atoms with van der Waals surface area (Å²) in [7, 11) is -0.543. The molecule has 130 valence electrons. The van der Waals surface area contributed by atoms with Gasteiger partial charge in [0, 0.05) is 39.3 Å². The van der Waals surface area contributed by atoms with E-state index in [1.54, 1.807) is 0 Å². The van der Waals surface area contributed by atoms with Gasteiger partial charge in [0.05, 0.1) is 0 Å². The minimum absolute atomic E-state index is 0.0845. The van der Waals surface area contributed by atoms with Gasteiger partial charge >= 0.3 is 6.18 Å². The third-order valence-electron chi connectivity index (χ3n) is 3.55. The molecule has 0 atom stereocenters. The highest BCUT2D eigenvalue weighted by molar-refractivity contribution is 7.86. The lowest BCUT2D eigenvalue weighted by molar-refractivity contribution is -0.141. The molecule has 1 aliphatic heterocycles. The molecule has 0 spiro atoms. The van der Waals surface area contributed by atoms with E-state index in [0.717, 1.165) is 16.7 Å². The molecule has 1 aromatic rings. The van der Waals surface area contributed by atoms with Crippen molar-refractivity contribution in [2.75, 3.05) is 32.5 Å². The fourth-order valence-electron chi connectivity index (χ4n) is 2.26. The summed E-state index contributed by atoms with van der Waals surface area (Å²) in [5.74, 6) is 0.0845. The van der Waals surface area contributed by atoms with Crippen LogP contribution in [0.1, 0.15) is 18.5 Å². The molecule has 0 amide bonds. The molecule has 0 radical (unpaired) electrons. The quantitative estimate of drug-likeness (QED) is 0.879. The maximum atomic E-state index is 12.6. The number of alkyl halides is 3. The molecule has 0 unspecified atom stereocenters. The third-order valence-corrected chi connectivity index (χ3v) is 5.49. The summed E-state index contributed by atoms with van der Waals surface area (Å²) in [6, 6.07) is 0.711. The van der Waals surface area contributed by atoms with Gasteiger partial charge in [-0.25, -0.2) is 9.97 Å². The molecule has 0 aromatic carbocycles. The van der Waals surface area contributed by atoms with Gasteiger partial charge < -0.3 is 5.32 Å². The Morgan fingerprint density at radius 3 is 2.39 bits per heavy atom.